The molecule has 94 valence electrons. The van der Waals surface area contributed by atoms with Gasteiger partial charge in [0, 0.05) is 5.69 Å². The van der Waals surface area contributed by atoms with Crippen LogP contribution in [0.5, 0.6) is 0 Å². The lowest BCUT2D eigenvalue weighted by Crippen LogP contribution is -2.33. The van der Waals surface area contributed by atoms with Gasteiger partial charge in [-0.3, -0.25) is 4.79 Å². The molecule has 1 aromatic heterocycles. The normalized spacial score (nSPS) is 10.3. The van der Waals surface area contributed by atoms with Crippen LogP contribution in [0.25, 0.3) is 11.0 Å². The molecule has 0 radical (unpaired) electrons. The number of carbonyl (C=O) groups is 2. The summed E-state index contributed by atoms with van der Waals surface area (Å²) >= 11 is 0. The highest BCUT2D eigenvalue weighted by molar-refractivity contribution is 5.93. The maximum absolute atomic E-state index is 11.3. The molecular formula is C11H12N4O3. The number of anilines is 1. The van der Waals surface area contributed by atoms with E-state index in [1.54, 1.807) is 18.2 Å². The molecular weight excluding hydrogens is 236 g/mol. The fraction of sp³-hybridized carbons (Fsp3) is 0.182. The van der Waals surface area contributed by atoms with E-state index in [-0.39, 0.29) is 0 Å². The molecule has 0 bridgehead atoms. The number of hydrogen-bond acceptors (Lipinski definition) is 3. The van der Waals surface area contributed by atoms with E-state index >= 15 is 0 Å². The van der Waals surface area contributed by atoms with Gasteiger partial charge in [0.25, 0.3) is 0 Å². The molecule has 2 amide bonds. The summed E-state index contributed by atoms with van der Waals surface area (Å²) in [7, 11) is 0. The number of aromatic amines is 1. The maximum Gasteiger partial charge on any atom is 0.323 e. The van der Waals surface area contributed by atoms with Crippen molar-refractivity contribution in [2.24, 2.45) is 0 Å². The third-order valence-corrected chi connectivity index (χ3v) is 2.26. The van der Waals surface area contributed by atoms with Gasteiger partial charge < -0.3 is 20.7 Å². The minimum atomic E-state index is -1.09. The standard InChI is InChI=1S/C11H12N4O3/c1-6-13-8-3-2-7(4-9(8)14-6)15-11(18)12-5-10(16)17/h2-4H,5H2,1H3,(H,13,14)(H,16,17)(H2,12,15,18). The summed E-state index contributed by atoms with van der Waals surface area (Å²) in [5.41, 5.74) is 2.18. The lowest BCUT2D eigenvalue weighted by atomic mass is 10.3. The van der Waals surface area contributed by atoms with Crippen molar-refractivity contribution in [1.82, 2.24) is 15.3 Å². The molecule has 7 nitrogen and oxygen atoms in total. The van der Waals surface area contributed by atoms with Gasteiger partial charge in [-0.25, -0.2) is 9.78 Å². The van der Waals surface area contributed by atoms with E-state index in [2.05, 4.69) is 20.6 Å². The number of rotatable bonds is 3. The van der Waals surface area contributed by atoms with E-state index in [4.69, 9.17) is 5.11 Å². The van der Waals surface area contributed by atoms with Gasteiger partial charge >= 0.3 is 12.0 Å². The molecule has 0 spiro atoms. The van der Waals surface area contributed by atoms with Crippen LogP contribution in [0, 0.1) is 6.92 Å². The van der Waals surface area contributed by atoms with E-state index in [1.165, 1.54) is 0 Å². The Morgan fingerprint density at radius 1 is 1.44 bits per heavy atom. The average molecular weight is 248 g/mol. The van der Waals surface area contributed by atoms with E-state index < -0.39 is 18.5 Å². The highest BCUT2D eigenvalue weighted by atomic mass is 16.4. The number of carboxylic acids is 1. The Morgan fingerprint density at radius 2 is 2.22 bits per heavy atom. The molecule has 0 fully saturated rings. The SMILES string of the molecule is Cc1nc2ccc(NC(=O)NCC(=O)O)cc2[nH]1. The number of H-pyrrole nitrogens is 1. The van der Waals surface area contributed by atoms with Crippen molar-refractivity contribution in [3.05, 3.63) is 24.0 Å². The molecule has 1 aromatic carbocycles. The Bertz CT molecular complexity index is 605. The first-order valence-electron chi connectivity index (χ1n) is 5.27. The third-order valence-electron chi connectivity index (χ3n) is 2.26. The van der Waals surface area contributed by atoms with E-state index in [0.29, 0.717) is 5.69 Å². The van der Waals surface area contributed by atoms with E-state index in [1.807, 2.05) is 6.92 Å². The second-order valence-corrected chi connectivity index (χ2v) is 3.76. The van der Waals surface area contributed by atoms with E-state index in [0.717, 1.165) is 16.9 Å². The molecule has 1 heterocycles. The monoisotopic (exact) mass is 248 g/mol. The second kappa shape index (κ2) is 4.74. The van der Waals surface area contributed by atoms with Gasteiger partial charge in [0.15, 0.2) is 0 Å². The van der Waals surface area contributed by atoms with Crippen LogP contribution in [0.15, 0.2) is 18.2 Å². The number of hydrogen-bond donors (Lipinski definition) is 4. The van der Waals surface area contributed by atoms with Crippen molar-refractivity contribution < 1.29 is 14.7 Å². The molecule has 0 atom stereocenters. The summed E-state index contributed by atoms with van der Waals surface area (Å²) in [6, 6.07) is 4.64. The van der Waals surface area contributed by atoms with Gasteiger partial charge in [0.2, 0.25) is 0 Å². The Morgan fingerprint density at radius 3 is 2.94 bits per heavy atom. The first kappa shape index (κ1) is 11.9. The summed E-state index contributed by atoms with van der Waals surface area (Å²) < 4.78 is 0. The fourth-order valence-corrected chi connectivity index (χ4v) is 1.55. The highest BCUT2D eigenvalue weighted by Gasteiger charge is 2.05. The summed E-state index contributed by atoms with van der Waals surface area (Å²) in [6.45, 7) is 1.42. The van der Waals surface area contributed by atoms with Gasteiger partial charge in [-0.05, 0) is 25.1 Å². The molecule has 0 aliphatic carbocycles. The molecule has 4 N–H and O–H groups in total. The fourth-order valence-electron chi connectivity index (χ4n) is 1.55. The van der Waals surface area contributed by atoms with Crippen LogP contribution in [0.2, 0.25) is 0 Å². The Balaban J connectivity index is 2.07. The molecule has 0 saturated carbocycles. The number of imidazole rings is 1. The summed E-state index contributed by atoms with van der Waals surface area (Å²) in [5.74, 6) is -0.303. The summed E-state index contributed by atoms with van der Waals surface area (Å²) in [5, 5.41) is 13.2. The molecule has 0 aliphatic heterocycles. The first-order valence-corrected chi connectivity index (χ1v) is 5.27. The number of amides is 2. The van der Waals surface area contributed by atoms with Crippen molar-refractivity contribution in [3.63, 3.8) is 0 Å². The quantitative estimate of drug-likeness (QED) is 0.651. The zero-order valence-corrected chi connectivity index (χ0v) is 9.65. The van der Waals surface area contributed by atoms with Gasteiger partial charge in [-0.2, -0.15) is 0 Å². The van der Waals surface area contributed by atoms with Gasteiger partial charge in [-0.15, -0.1) is 0 Å². The lowest BCUT2D eigenvalue weighted by molar-refractivity contribution is -0.135. The Kier molecular flexibility index (Phi) is 3.13. The first-order chi connectivity index (χ1) is 8.54. The molecule has 2 rings (SSSR count). The highest BCUT2D eigenvalue weighted by Crippen LogP contribution is 2.16. The Hall–Kier alpha value is -2.57. The number of urea groups is 1. The number of nitrogens with zero attached hydrogens (tertiary/aromatic N) is 1. The van der Waals surface area contributed by atoms with Crippen molar-refractivity contribution in [2.45, 2.75) is 6.92 Å². The number of fused-ring (bicyclic) bond motifs is 1. The average Bonchev–Trinajstić information content (AvgIpc) is 2.66. The van der Waals surface area contributed by atoms with Crippen LogP contribution >= 0.6 is 0 Å². The molecule has 18 heavy (non-hydrogen) atoms. The van der Waals surface area contributed by atoms with Crippen LogP contribution in [0.1, 0.15) is 5.82 Å². The smallest absolute Gasteiger partial charge is 0.323 e. The van der Waals surface area contributed by atoms with Crippen molar-refractivity contribution in [1.29, 1.82) is 0 Å². The number of benzene rings is 1. The predicted octanol–water partition coefficient (Wildman–Crippen LogP) is 1.08. The number of aliphatic carboxylic acids is 1. The van der Waals surface area contributed by atoms with Crippen LogP contribution < -0.4 is 10.6 Å². The zero-order chi connectivity index (χ0) is 13.1. The molecule has 2 aromatic rings. The number of carboxylic acid groups (broad SMARTS) is 1. The molecule has 0 aliphatic rings. The van der Waals surface area contributed by atoms with Crippen molar-refractivity contribution >= 4 is 28.7 Å². The third kappa shape index (κ3) is 2.76. The minimum absolute atomic E-state index is 0.419. The van der Waals surface area contributed by atoms with Crippen molar-refractivity contribution in [3.8, 4) is 0 Å². The summed E-state index contributed by atoms with van der Waals surface area (Å²) in [6.07, 6.45) is 0. The minimum Gasteiger partial charge on any atom is -0.480 e. The Labute approximate surface area is 102 Å². The van der Waals surface area contributed by atoms with Crippen LogP contribution in [0.4, 0.5) is 10.5 Å². The predicted molar refractivity (Wildman–Crippen MR) is 65.5 cm³/mol. The molecule has 0 unspecified atom stereocenters. The maximum atomic E-state index is 11.3. The van der Waals surface area contributed by atoms with Gasteiger partial charge in [0.05, 0.1) is 11.0 Å². The van der Waals surface area contributed by atoms with Crippen LogP contribution in [-0.2, 0) is 4.79 Å². The number of carbonyl (C=O) groups excluding carboxylic acids is 1. The van der Waals surface area contributed by atoms with Crippen molar-refractivity contribution in [2.75, 3.05) is 11.9 Å². The van der Waals surface area contributed by atoms with Crippen LogP contribution in [0.3, 0.4) is 0 Å². The number of aryl methyl sites for hydroxylation is 1. The van der Waals surface area contributed by atoms with Gasteiger partial charge in [-0.1, -0.05) is 0 Å². The topological polar surface area (TPSA) is 107 Å². The summed E-state index contributed by atoms with van der Waals surface area (Å²) in [4.78, 5) is 28.9. The lowest BCUT2D eigenvalue weighted by Gasteiger charge is -2.05. The number of nitrogens with one attached hydrogen (secondary N) is 3. The number of aromatic nitrogens is 2. The molecule has 0 saturated heterocycles. The van der Waals surface area contributed by atoms with E-state index in [9.17, 15) is 9.59 Å². The zero-order valence-electron chi connectivity index (χ0n) is 9.65. The second-order valence-electron chi connectivity index (χ2n) is 3.76. The largest absolute Gasteiger partial charge is 0.480 e. The van der Waals surface area contributed by atoms with Crippen LogP contribution in [-0.4, -0.2) is 33.6 Å². The molecule has 7 heteroatoms. The van der Waals surface area contributed by atoms with Gasteiger partial charge in [0.1, 0.15) is 12.4 Å².